The number of urea groups is 1. The Hall–Kier alpha value is -1.59. The number of hydrogen-bond acceptors (Lipinski definition) is 3. The van der Waals surface area contributed by atoms with E-state index < -0.39 is 0 Å². The molecule has 1 fully saturated rings. The van der Waals surface area contributed by atoms with E-state index in [0.29, 0.717) is 13.1 Å². The van der Waals surface area contributed by atoms with Crippen LogP contribution < -0.4 is 5.32 Å². The Morgan fingerprint density at radius 1 is 1.41 bits per heavy atom. The Balaban J connectivity index is 1.85. The number of benzene rings is 1. The summed E-state index contributed by atoms with van der Waals surface area (Å²) < 4.78 is 0. The van der Waals surface area contributed by atoms with Gasteiger partial charge in [-0.1, -0.05) is 24.3 Å². The Labute approximate surface area is 132 Å². The monoisotopic (exact) mass is 305 g/mol. The maximum absolute atomic E-state index is 12.2. The zero-order valence-electron chi connectivity index (χ0n) is 13.6. The summed E-state index contributed by atoms with van der Waals surface area (Å²) in [5.41, 5.74) is 2.36. The highest BCUT2D eigenvalue weighted by molar-refractivity contribution is 5.74. The van der Waals surface area contributed by atoms with Crippen LogP contribution in [0.5, 0.6) is 0 Å². The minimum Gasteiger partial charge on any atom is -0.396 e. The molecule has 2 N–H and O–H groups in total. The van der Waals surface area contributed by atoms with Crippen LogP contribution in [0.15, 0.2) is 24.3 Å². The predicted octanol–water partition coefficient (Wildman–Crippen LogP) is 1.66. The second-order valence-electron chi connectivity index (χ2n) is 6.35. The van der Waals surface area contributed by atoms with Crippen LogP contribution in [-0.2, 0) is 13.1 Å². The van der Waals surface area contributed by atoms with Gasteiger partial charge >= 0.3 is 6.03 Å². The molecule has 5 nitrogen and oxygen atoms in total. The zero-order valence-corrected chi connectivity index (χ0v) is 13.6. The molecule has 0 spiro atoms. The molecule has 1 aliphatic heterocycles. The van der Waals surface area contributed by atoms with E-state index in [1.54, 1.807) is 0 Å². The van der Waals surface area contributed by atoms with E-state index in [4.69, 9.17) is 0 Å². The van der Waals surface area contributed by atoms with Gasteiger partial charge in [0, 0.05) is 32.8 Å². The normalized spacial score (nSPS) is 18.5. The molecule has 22 heavy (non-hydrogen) atoms. The highest BCUT2D eigenvalue weighted by Gasteiger charge is 2.22. The van der Waals surface area contributed by atoms with Crippen molar-refractivity contribution in [3.8, 4) is 0 Å². The third kappa shape index (κ3) is 5.00. The van der Waals surface area contributed by atoms with Crippen molar-refractivity contribution in [1.82, 2.24) is 15.1 Å². The summed E-state index contributed by atoms with van der Waals surface area (Å²) in [5.74, 6) is 0.225. The Morgan fingerprint density at radius 3 is 2.91 bits per heavy atom. The summed E-state index contributed by atoms with van der Waals surface area (Å²) in [6.45, 7) is 3.04. The summed E-state index contributed by atoms with van der Waals surface area (Å²) in [4.78, 5) is 16.2. The molecule has 2 rings (SSSR count). The third-order valence-electron chi connectivity index (χ3n) is 4.00. The molecule has 0 aromatic heterocycles. The van der Waals surface area contributed by atoms with Gasteiger partial charge in [-0.05, 0) is 44.0 Å². The van der Waals surface area contributed by atoms with E-state index in [0.717, 1.165) is 31.5 Å². The number of aliphatic hydroxyl groups excluding tert-OH is 1. The number of amides is 2. The van der Waals surface area contributed by atoms with Crippen LogP contribution in [0.3, 0.4) is 0 Å². The molecule has 1 heterocycles. The van der Waals surface area contributed by atoms with Crippen LogP contribution in [0.25, 0.3) is 0 Å². The molecule has 1 aromatic rings. The van der Waals surface area contributed by atoms with Crippen molar-refractivity contribution in [3.63, 3.8) is 0 Å². The van der Waals surface area contributed by atoms with E-state index in [1.165, 1.54) is 5.56 Å². The van der Waals surface area contributed by atoms with Gasteiger partial charge in [0.2, 0.25) is 0 Å². The Kier molecular flexibility index (Phi) is 6.21. The molecule has 1 atom stereocenters. The number of piperidine rings is 1. The summed E-state index contributed by atoms with van der Waals surface area (Å²) in [6, 6.07) is 8.26. The summed E-state index contributed by atoms with van der Waals surface area (Å²) in [6.07, 6.45) is 1.98. The maximum atomic E-state index is 12.2. The summed E-state index contributed by atoms with van der Waals surface area (Å²) in [5, 5.41) is 12.2. The van der Waals surface area contributed by atoms with Gasteiger partial charge in [0.05, 0.1) is 0 Å². The first-order valence-electron chi connectivity index (χ1n) is 7.94. The fourth-order valence-corrected chi connectivity index (χ4v) is 2.89. The number of nitrogens with zero attached hydrogens (tertiary/aromatic N) is 2. The molecule has 5 heteroatoms. The Bertz CT molecular complexity index is 491. The Morgan fingerprint density at radius 2 is 2.18 bits per heavy atom. The molecule has 2 amide bonds. The SMILES string of the molecule is CN(C)Cc1cccc(CNC(=O)N2CCCC(CO)C2)c1. The van der Waals surface area contributed by atoms with E-state index in [1.807, 2.05) is 31.1 Å². The van der Waals surface area contributed by atoms with E-state index in [-0.39, 0.29) is 18.6 Å². The second kappa shape index (κ2) is 8.15. The first-order chi connectivity index (χ1) is 10.6. The number of carbonyl (C=O) groups excluding carboxylic acids is 1. The molecule has 0 aliphatic carbocycles. The highest BCUT2D eigenvalue weighted by atomic mass is 16.3. The highest BCUT2D eigenvalue weighted by Crippen LogP contribution is 2.15. The quantitative estimate of drug-likeness (QED) is 0.870. The van der Waals surface area contributed by atoms with Crippen molar-refractivity contribution in [2.75, 3.05) is 33.8 Å². The number of likely N-dealkylation sites (tertiary alicyclic amines) is 1. The first kappa shape index (κ1) is 16.8. The third-order valence-corrected chi connectivity index (χ3v) is 4.00. The van der Waals surface area contributed by atoms with Crippen LogP contribution in [0.1, 0.15) is 24.0 Å². The average molecular weight is 305 g/mol. The van der Waals surface area contributed by atoms with Crippen molar-refractivity contribution in [1.29, 1.82) is 0 Å². The van der Waals surface area contributed by atoms with E-state index in [2.05, 4.69) is 22.3 Å². The lowest BCUT2D eigenvalue weighted by Crippen LogP contribution is -2.45. The number of aliphatic hydroxyl groups is 1. The summed E-state index contributed by atoms with van der Waals surface area (Å²) in [7, 11) is 4.09. The van der Waals surface area contributed by atoms with E-state index >= 15 is 0 Å². The van der Waals surface area contributed by atoms with E-state index in [9.17, 15) is 9.90 Å². The number of rotatable bonds is 5. The molecule has 0 saturated carbocycles. The number of carbonyl (C=O) groups is 1. The smallest absolute Gasteiger partial charge is 0.317 e. The molecule has 1 aliphatic rings. The molecular formula is C17H27N3O2. The molecular weight excluding hydrogens is 278 g/mol. The van der Waals surface area contributed by atoms with Gasteiger partial charge in [-0.3, -0.25) is 0 Å². The molecule has 1 saturated heterocycles. The molecule has 1 aromatic carbocycles. The molecule has 0 radical (unpaired) electrons. The molecule has 0 bridgehead atoms. The molecule has 122 valence electrons. The topological polar surface area (TPSA) is 55.8 Å². The largest absolute Gasteiger partial charge is 0.396 e. The van der Waals surface area contributed by atoms with Gasteiger partial charge in [0.25, 0.3) is 0 Å². The lowest BCUT2D eigenvalue weighted by atomic mass is 9.99. The van der Waals surface area contributed by atoms with Crippen LogP contribution >= 0.6 is 0 Å². The summed E-state index contributed by atoms with van der Waals surface area (Å²) >= 11 is 0. The van der Waals surface area contributed by atoms with Crippen molar-refractivity contribution >= 4 is 6.03 Å². The predicted molar refractivity (Wildman–Crippen MR) is 87.5 cm³/mol. The average Bonchev–Trinajstić information content (AvgIpc) is 2.52. The lowest BCUT2D eigenvalue weighted by molar-refractivity contribution is 0.129. The van der Waals surface area contributed by atoms with Crippen LogP contribution in [0, 0.1) is 5.92 Å². The van der Waals surface area contributed by atoms with Gasteiger partial charge in [0.15, 0.2) is 0 Å². The van der Waals surface area contributed by atoms with Gasteiger partial charge in [-0.25, -0.2) is 4.79 Å². The van der Waals surface area contributed by atoms with Crippen LogP contribution in [0.2, 0.25) is 0 Å². The van der Waals surface area contributed by atoms with Crippen molar-refractivity contribution in [2.45, 2.75) is 25.9 Å². The van der Waals surface area contributed by atoms with Crippen LogP contribution in [-0.4, -0.2) is 54.7 Å². The second-order valence-corrected chi connectivity index (χ2v) is 6.35. The van der Waals surface area contributed by atoms with Crippen molar-refractivity contribution in [2.24, 2.45) is 5.92 Å². The van der Waals surface area contributed by atoms with Crippen molar-refractivity contribution < 1.29 is 9.90 Å². The van der Waals surface area contributed by atoms with Gasteiger partial charge in [-0.15, -0.1) is 0 Å². The number of nitrogens with one attached hydrogen (secondary N) is 1. The fraction of sp³-hybridized carbons (Fsp3) is 0.588. The fourth-order valence-electron chi connectivity index (χ4n) is 2.89. The van der Waals surface area contributed by atoms with Gasteiger partial charge < -0.3 is 20.2 Å². The zero-order chi connectivity index (χ0) is 15.9. The van der Waals surface area contributed by atoms with Gasteiger partial charge in [0.1, 0.15) is 0 Å². The number of hydrogen-bond donors (Lipinski definition) is 2. The molecule has 1 unspecified atom stereocenters. The maximum Gasteiger partial charge on any atom is 0.317 e. The van der Waals surface area contributed by atoms with Crippen LogP contribution in [0.4, 0.5) is 4.79 Å². The standard InChI is InChI=1S/C17H27N3O2/c1-19(2)11-15-6-3-5-14(9-15)10-18-17(22)20-8-4-7-16(12-20)13-21/h3,5-6,9,16,21H,4,7-8,10-13H2,1-2H3,(H,18,22). The van der Waals surface area contributed by atoms with Gasteiger partial charge in [-0.2, -0.15) is 0 Å². The minimum atomic E-state index is -0.0313. The lowest BCUT2D eigenvalue weighted by Gasteiger charge is -2.31. The minimum absolute atomic E-state index is 0.0313. The van der Waals surface area contributed by atoms with Crippen molar-refractivity contribution in [3.05, 3.63) is 35.4 Å². The first-order valence-corrected chi connectivity index (χ1v) is 7.94.